The zero-order valence-corrected chi connectivity index (χ0v) is 26.7. The van der Waals surface area contributed by atoms with E-state index in [1.165, 1.54) is 26.1 Å². The molecular formula is C32H44N4O5S. The molecule has 0 unspecified atom stereocenters. The highest BCUT2D eigenvalue weighted by Crippen LogP contribution is 2.46. The van der Waals surface area contributed by atoms with Crippen molar-refractivity contribution in [2.45, 2.75) is 84.3 Å². The second-order valence-corrected chi connectivity index (χ2v) is 14.1. The number of fused-ring (bicyclic) bond motifs is 1. The lowest BCUT2D eigenvalue weighted by atomic mass is 9.81. The number of hydrogen-bond acceptors (Lipinski definition) is 5. The van der Waals surface area contributed by atoms with E-state index in [4.69, 9.17) is 4.74 Å². The summed E-state index contributed by atoms with van der Waals surface area (Å²) in [5, 5.41) is 1.05. The van der Waals surface area contributed by atoms with E-state index in [1.54, 1.807) is 24.1 Å². The molecule has 1 N–H and O–H groups in total. The predicted octanol–water partition coefficient (Wildman–Crippen LogP) is 6.67. The number of nitrogens with one attached hydrogen (secondary N) is 1. The molecule has 0 atom stereocenters. The molecule has 2 aromatic carbocycles. The fourth-order valence-electron chi connectivity index (χ4n) is 5.73. The highest BCUT2D eigenvalue weighted by molar-refractivity contribution is 7.87. The monoisotopic (exact) mass is 596 g/mol. The number of benzene rings is 2. The lowest BCUT2D eigenvalue weighted by Gasteiger charge is -2.28. The van der Waals surface area contributed by atoms with E-state index in [0.717, 1.165) is 64.3 Å². The standard InChI is InChI=1S/C32H44N4O5S/c1-8-20-36-27-21-23(30(37)33-42(39,40)34(5)6)18-19-24(27)28(22-14-10-9-11-15-22)29(36)25-16-12-13-17-26(25)35(7)31(38)41-32(2,3)4/h12-13,16-19,21-22H,8-11,14-15,20H2,1-7H3,(H,33,37). The highest BCUT2D eigenvalue weighted by Gasteiger charge is 2.30. The largest absolute Gasteiger partial charge is 0.443 e. The first-order chi connectivity index (χ1) is 19.7. The molecule has 1 saturated carbocycles. The van der Waals surface area contributed by atoms with Gasteiger partial charge in [0.1, 0.15) is 5.60 Å². The Morgan fingerprint density at radius 1 is 1.02 bits per heavy atom. The Balaban J connectivity index is 1.96. The quantitative estimate of drug-likeness (QED) is 0.313. The van der Waals surface area contributed by atoms with Crippen LogP contribution in [-0.2, 0) is 21.5 Å². The molecule has 0 bridgehead atoms. The fourth-order valence-corrected chi connectivity index (χ4v) is 6.27. The number of nitrogens with zero attached hydrogens (tertiary/aromatic N) is 3. The van der Waals surface area contributed by atoms with Gasteiger partial charge in [0, 0.05) is 49.7 Å². The number of carbonyl (C=O) groups excluding carboxylic acids is 2. The second-order valence-electron chi connectivity index (χ2n) is 12.3. The smallest absolute Gasteiger partial charge is 0.414 e. The van der Waals surface area contributed by atoms with Gasteiger partial charge in [-0.3, -0.25) is 9.69 Å². The molecule has 10 heteroatoms. The summed E-state index contributed by atoms with van der Waals surface area (Å²) in [6, 6.07) is 13.3. The Morgan fingerprint density at radius 2 is 1.69 bits per heavy atom. The molecule has 3 aromatic rings. The van der Waals surface area contributed by atoms with Crippen LogP contribution in [0, 0.1) is 0 Å². The van der Waals surface area contributed by atoms with Gasteiger partial charge in [-0.1, -0.05) is 50.5 Å². The van der Waals surface area contributed by atoms with Gasteiger partial charge >= 0.3 is 16.3 Å². The Morgan fingerprint density at radius 3 is 2.31 bits per heavy atom. The molecule has 1 aromatic heterocycles. The number of hydrogen-bond donors (Lipinski definition) is 1. The van der Waals surface area contributed by atoms with Gasteiger partial charge in [-0.25, -0.2) is 9.52 Å². The van der Waals surface area contributed by atoms with E-state index < -0.39 is 27.8 Å². The topological polar surface area (TPSA) is 101 Å². The molecule has 42 heavy (non-hydrogen) atoms. The van der Waals surface area contributed by atoms with E-state index in [2.05, 4.69) is 16.2 Å². The van der Waals surface area contributed by atoms with Crippen molar-refractivity contribution < 1.29 is 22.7 Å². The molecule has 1 aliphatic carbocycles. The summed E-state index contributed by atoms with van der Waals surface area (Å²) < 4.78 is 35.8. The number of ether oxygens (including phenoxy) is 1. The van der Waals surface area contributed by atoms with Gasteiger partial charge in [-0.05, 0) is 69.7 Å². The maximum atomic E-state index is 13.2. The zero-order valence-electron chi connectivity index (χ0n) is 25.9. The minimum absolute atomic E-state index is 0.267. The summed E-state index contributed by atoms with van der Waals surface area (Å²) in [6.45, 7) is 8.34. The average molecular weight is 597 g/mol. The summed E-state index contributed by atoms with van der Waals surface area (Å²) in [5.41, 5.74) is 4.40. The van der Waals surface area contributed by atoms with Gasteiger partial charge in [0.25, 0.3) is 5.91 Å². The van der Waals surface area contributed by atoms with E-state index in [9.17, 15) is 18.0 Å². The van der Waals surface area contributed by atoms with Crippen molar-refractivity contribution in [1.82, 2.24) is 13.6 Å². The van der Waals surface area contributed by atoms with Crippen molar-refractivity contribution in [1.29, 1.82) is 0 Å². The maximum Gasteiger partial charge on any atom is 0.414 e. The third-order valence-electron chi connectivity index (χ3n) is 7.72. The van der Waals surface area contributed by atoms with Gasteiger partial charge in [0.15, 0.2) is 0 Å². The van der Waals surface area contributed by atoms with Gasteiger partial charge in [0.2, 0.25) is 0 Å². The summed E-state index contributed by atoms with van der Waals surface area (Å²) in [4.78, 5) is 27.8. The maximum absolute atomic E-state index is 13.2. The normalized spacial score (nSPS) is 14.8. The average Bonchev–Trinajstić information content (AvgIpc) is 3.25. The van der Waals surface area contributed by atoms with Gasteiger partial charge in [-0.15, -0.1) is 0 Å². The first kappa shape index (κ1) is 31.6. The molecule has 0 saturated heterocycles. The van der Waals surface area contributed by atoms with Crippen LogP contribution in [0.5, 0.6) is 0 Å². The van der Waals surface area contributed by atoms with Crippen LogP contribution >= 0.6 is 0 Å². The summed E-state index contributed by atoms with van der Waals surface area (Å²) in [7, 11) is 0.538. The molecule has 0 aliphatic heterocycles. The van der Waals surface area contributed by atoms with Gasteiger partial charge in [-0.2, -0.15) is 12.7 Å². The minimum Gasteiger partial charge on any atom is -0.443 e. The molecule has 1 heterocycles. The van der Waals surface area contributed by atoms with Gasteiger partial charge < -0.3 is 9.30 Å². The van der Waals surface area contributed by atoms with Gasteiger partial charge in [0.05, 0.1) is 11.4 Å². The number of rotatable bonds is 8. The van der Waals surface area contributed by atoms with Crippen LogP contribution in [-0.4, -0.2) is 56.0 Å². The molecular weight excluding hydrogens is 552 g/mol. The highest BCUT2D eigenvalue weighted by atomic mass is 32.2. The third kappa shape index (κ3) is 6.65. The second kappa shape index (κ2) is 12.5. The van der Waals surface area contributed by atoms with Crippen molar-refractivity contribution in [3.05, 3.63) is 53.6 Å². The molecule has 1 aliphatic rings. The molecule has 0 spiro atoms. The first-order valence-electron chi connectivity index (χ1n) is 14.7. The summed E-state index contributed by atoms with van der Waals surface area (Å²) in [5.74, 6) is -0.358. The van der Waals surface area contributed by atoms with Crippen LogP contribution < -0.4 is 9.62 Å². The van der Waals surface area contributed by atoms with E-state index >= 15 is 0 Å². The number of amides is 2. The van der Waals surface area contributed by atoms with Crippen LogP contribution in [0.25, 0.3) is 22.2 Å². The van der Waals surface area contributed by atoms with Crippen LogP contribution in [0.3, 0.4) is 0 Å². The van der Waals surface area contributed by atoms with Crippen LogP contribution in [0.1, 0.15) is 88.1 Å². The van der Waals surface area contributed by atoms with Crippen LogP contribution in [0.15, 0.2) is 42.5 Å². The van der Waals surface area contributed by atoms with E-state index in [1.807, 2.05) is 51.1 Å². The number of aryl methyl sites for hydroxylation is 1. The summed E-state index contributed by atoms with van der Waals surface area (Å²) >= 11 is 0. The fraction of sp³-hybridized carbons (Fsp3) is 0.500. The molecule has 9 nitrogen and oxygen atoms in total. The molecule has 0 radical (unpaired) electrons. The van der Waals surface area contributed by atoms with Crippen LogP contribution in [0.2, 0.25) is 0 Å². The molecule has 228 valence electrons. The molecule has 2 amide bonds. The number of carbonyl (C=O) groups is 2. The predicted molar refractivity (Wildman–Crippen MR) is 168 cm³/mol. The SMILES string of the molecule is CCCn1c(-c2ccccc2N(C)C(=O)OC(C)(C)C)c(C2CCCCC2)c2ccc(C(=O)NS(=O)(=O)N(C)C)cc21. The number of aromatic nitrogens is 1. The van der Waals surface area contributed by atoms with Crippen molar-refractivity contribution in [2.24, 2.45) is 0 Å². The Bertz CT molecular complexity index is 1560. The van der Waals surface area contributed by atoms with Crippen LogP contribution in [0.4, 0.5) is 10.5 Å². The van der Waals surface area contributed by atoms with E-state index in [-0.39, 0.29) is 5.56 Å². The lowest BCUT2D eigenvalue weighted by Crippen LogP contribution is -2.39. The first-order valence-corrected chi connectivity index (χ1v) is 16.2. The van der Waals surface area contributed by atoms with Crippen molar-refractivity contribution in [3.8, 4) is 11.3 Å². The summed E-state index contributed by atoms with van der Waals surface area (Å²) in [6.07, 6.45) is 6.03. The Kier molecular flexibility index (Phi) is 9.37. The Hall–Kier alpha value is -3.37. The Labute approximate surface area is 250 Å². The van der Waals surface area contributed by atoms with E-state index in [0.29, 0.717) is 12.5 Å². The number of anilines is 1. The minimum atomic E-state index is -3.94. The third-order valence-corrected chi connectivity index (χ3v) is 9.12. The molecule has 1 fully saturated rings. The number of para-hydroxylation sites is 1. The van der Waals surface area contributed by atoms with Crippen molar-refractivity contribution in [2.75, 3.05) is 26.0 Å². The van der Waals surface area contributed by atoms with Crippen molar-refractivity contribution in [3.63, 3.8) is 0 Å². The zero-order chi connectivity index (χ0) is 30.8. The van der Waals surface area contributed by atoms with Crippen molar-refractivity contribution >= 4 is 38.8 Å². The lowest BCUT2D eigenvalue weighted by molar-refractivity contribution is 0.0589. The molecule has 4 rings (SSSR count).